The van der Waals surface area contributed by atoms with E-state index in [1.807, 2.05) is 41.3 Å². The molecule has 3 aromatic carbocycles. The lowest BCUT2D eigenvalue weighted by Crippen LogP contribution is -2.53. The zero-order valence-electron chi connectivity index (χ0n) is 20.4. The molecule has 3 aromatic rings. The van der Waals surface area contributed by atoms with Crippen LogP contribution >= 0.6 is 0 Å². The quantitative estimate of drug-likeness (QED) is 0.523. The summed E-state index contributed by atoms with van der Waals surface area (Å²) in [5.41, 5.74) is 2.35. The van der Waals surface area contributed by atoms with E-state index < -0.39 is 5.82 Å². The third kappa shape index (κ3) is 5.34. The van der Waals surface area contributed by atoms with Crippen LogP contribution in [0, 0.1) is 11.7 Å². The summed E-state index contributed by atoms with van der Waals surface area (Å²) in [6, 6.07) is 26.1. The monoisotopic (exact) mass is 485 g/mol. The van der Waals surface area contributed by atoms with E-state index in [1.54, 1.807) is 17.0 Å². The average molecular weight is 486 g/mol. The number of hydrogen-bond donors (Lipinski definition) is 0. The molecule has 0 saturated carbocycles. The number of halogens is 1. The number of nitrogens with zero attached hydrogens (tertiary/aromatic N) is 3. The van der Waals surface area contributed by atoms with Gasteiger partial charge in [-0.1, -0.05) is 72.8 Å². The minimum Gasteiger partial charge on any atom is -0.340 e. The normalized spacial score (nSPS) is 20.8. The second-order valence-electron chi connectivity index (χ2n) is 9.73. The lowest BCUT2D eigenvalue weighted by Gasteiger charge is -2.42. The van der Waals surface area contributed by atoms with E-state index in [0.717, 1.165) is 25.2 Å². The Bertz CT molecular complexity index is 1180. The van der Waals surface area contributed by atoms with Crippen LogP contribution in [0.2, 0.25) is 0 Å². The van der Waals surface area contributed by atoms with Crippen LogP contribution in [0.3, 0.4) is 0 Å². The van der Waals surface area contributed by atoms with Gasteiger partial charge in [0.2, 0.25) is 5.91 Å². The van der Waals surface area contributed by atoms with Gasteiger partial charge >= 0.3 is 0 Å². The van der Waals surface area contributed by atoms with Gasteiger partial charge in [0.25, 0.3) is 5.91 Å². The van der Waals surface area contributed by atoms with E-state index in [0.29, 0.717) is 32.5 Å². The van der Waals surface area contributed by atoms with Crippen LogP contribution in [-0.4, -0.2) is 59.2 Å². The Labute approximate surface area is 212 Å². The number of carbonyl (C=O) groups is 2. The van der Waals surface area contributed by atoms with Crippen molar-refractivity contribution in [3.63, 3.8) is 0 Å². The maximum atomic E-state index is 14.5. The van der Waals surface area contributed by atoms with Crippen LogP contribution in [-0.2, 0) is 11.3 Å². The number of carbonyl (C=O) groups excluding carboxylic acids is 2. The third-order valence-corrected chi connectivity index (χ3v) is 7.41. The van der Waals surface area contributed by atoms with Crippen molar-refractivity contribution in [2.75, 3.05) is 32.7 Å². The molecule has 186 valence electrons. The van der Waals surface area contributed by atoms with E-state index in [9.17, 15) is 14.0 Å². The molecule has 0 spiro atoms. The molecule has 5 nitrogen and oxygen atoms in total. The van der Waals surface area contributed by atoms with Crippen LogP contribution in [0.5, 0.6) is 0 Å². The van der Waals surface area contributed by atoms with E-state index in [-0.39, 0.29) is 29.3 Å². The number of likely N-dealkylation sites (tertiary alicyclic amines) is 1. The van der Waals surface area contributed by atoms with Gasteiger partial charge in [-0.05, 0) is 36.1 Å². The Kier molecular flexibility index (Phi) is 7.42. The molecule has 2 atom stereocenters. The van der Waals surface area contributed by atoms with Crippen LogP contribution in [0.15, 0.2) is 84.9 Å². The summed E-state index contributed by atoms with van der Waals surface area (Å²) in [6.45, 7) is 4.22. The van der Waals surface area contributed by atoms with Crippen LogP contribution in [0.1, 0.15) is 40.4 Å². The van der Waals surface area contributed by atoms with Gasteiger partial charge in [-0.25, -0.2) is 4.39 Å². The van der Waals surface area contributed by atoms with Crippen molar-refractivity contribution in [2.45, 2.75) is 25.4 Å². The van der Waals surface area contributed by atoms with Gasteiger partial charge in [0, 0.05) is 39.3 Å². The predicted octanol–water partition coefficient (Wildman–Crippen LogP) is 4.76. The standard InChI is InChI=1S/C30H32FN3O2/c31-27-14-8-7-13-26(27)30(36)34-22-25(15-16-28(34)24-11-5-2-6-12-24)29(35)33-19-17-32(18-20-33)21-23-9-3-1-4-10-23/h1-14,25,28H,15-22H2. The van der Waals surface area contributed by atoms with Gasteiger partial charge < -0.3 is 9.80 Å². The molecule has 0 aliphatic carbocycles. The molecule has 36 heavy (non-hydrogen) atoms. The van der Waals surface area contributed by atoms with Gasteiger partial charge in [-0.15, -0.1) is 0 Å². The predicted molar refractivity (Wildman–Crippen MR) is 138 cm³/mol. The fraction of sp³-hybridized carbons (Fsp3) is 0.333. The van der Waals surface area contributed by atoms with Crippen molar-refractivity contribution >= 4 is 11.8 Å². The van der Waals surface area contributed by atoms with Gasteiger partial charge in [-0.2, -0.15) is 0 Å². The number of benzene rings is 3. The minimum absolute atomic E-state index is 0.0565. The Balaban J connectivity index is 1.28. The first-order valence-electron chi connectivity index (χ1n) is 12.8. The number of hydrogen-bond acceptors (Lipinski definition) is 3. The Morgan fingerprint density at radius 2 is 1.42 bits per heavy atom. The molecule has 0 bridgehead atoms. The molecule has 5 rings (SSSR count). The summed E-state index contributed by atoms with van der Waals surface area (Å²) < 4.78 is 14.5. The lowest BCUT2D eigenvalue weighted by molar-refractivity contribution is -0.139. The second-order valence-corrected chi connectivity index (χ2v) is 9.73. The number of amides is 2. The molecule has 2 fully saturated rings. The molecule has 6 heteroatoms. The van der Waals surface area contributed by atoms with Gasteiger partial charge in [0.1, 0.15) is 5.82 Å². The highest BCUT2D eigenvalue weighted by atomic mass is 19.1. The summed E-state index contributed by atoms with van der Waals surface area (Å²) in [6.07, 6.45) is 1.39. The van der Waals surface area contributed by atoms with Crippen molar-refractivity contribution in [3.8, 4) is 0 Å². The molecule has 2 amide bonds. The minimum atomic E-state index is -0.530. The Morgan fingerprint density at radius 3 is 2.11 bits per heavy atom. The van der Waals surface area contributed by atoms with Gasteiger partial charge in [-0.3, -0.25) is 14.5 Å². The highest BCUT2D eigenvalue weighted by molar-refractivity contribution is 5.95. The maximum Gasteiger partial charge on any atom is 0.257 e. The zero-order valence-corrected chi connectivity index (χ0v) is 20.4. The Hall–Kier alpha value is -3.51. The second kappa shape index (κ2) is 11.0. The summed E-state index contributed by atoms with van der Waals surface area (Å²) in [5.74, 6) is -1.06. The number of rotatable bonds is 5. The van der Waals surface area contributed by atoms with E-state index >= 15 is 0 Å². The van der Waals surface area contributed by atoms with Crippen molar-refractivity contribution in [1.82, 2.24) is 14.7 Å². The van der Waals surface area contributed by atoms with Crippen LogP contribution < -0.4 is 0 Å². The van der Waals surface area contributed by atoms with Crippen LogP contribution in [0.25, 0.3) is 0 Å². The molecule has 2 heterocycles. The molecule has 2 aliphatic rings. The maximum absolute atomic E-state index is 14.5. The zero-order chi connectivity index (χ0) is 24.9. The first kappa shape index (κ1) is 24.2. The van der Waals surface area contributed by atoms with Crippen molar-refractivity contribution in [1.29, 1.82) is 0 Å². The lowest BCUT2D eigenvalue weighted by atomic mass is 9.87. The van der Waals surface area contributed by atoms with Crippen molar-refractivity contribution < 1.29 is 14.0 Å². The fourth-order valence-corrected chi connectivity index (χ4v) is 5.43. The van der Waals surface area contributed by atoms with E-state index in [4.69, 9.17) is 0 Å². The van der Waals surface area contributed by atoms with E-state index in [2.05, 4.69) is 29.2 Å². The summed E-state index contributed by atoms with van der Waals surface area (Å²) >= 11 is 0. The first-order valence-corrected chi connectivity index (χ1v) is 12.8. The summed E-state index contributed by atoms with van der Waals surface area (Å²) in [5, 5.41) is 0. The molecule has 0 radical (unpaired) electrons. The summed E-state index contributed by atoms with van der Waals surface area (Å²) in [4.78, 5) is 33.1. The molecule has 2 aliphatic heterocycles. The van der Waals surface area contributed by atoms with Crippen LogP contribution in [0.4, 0.5) is 4.39 Å². The highest BCUT2D eigenvalue weighted by Crippen LogP contribution is 2.35. The number of piperidine rings is 1. The van der Waals surface area contributed by atoms with Gasteiger partial charge in [0.15, 0.2) is 0 Å². The molecular weight excluding hydrogens is 453 g/mol. The SMILES string of the molecule is O=C(C1CCC(c2ccccc2)N(C(=O)c2ccccc2F)C1)N1CCN(Cc2ccccc2)CC1. The molecule has 0 aromatic heterocycles. The van der Waals surface area contributed by atoms with Crippen molar-refractivity contribution in [2.24, 2.45) is 5.92 Å². The molecular formula is C30H32FN3O2. The molecule has 2 unspecified atom stereocenters. The first-order chi connectivity index (χ1) is 17.6. The largest absolute Gasteiger partial charge is 0.340 e. The fourth-order valence-electron chi connectivity index (χ4n) is 5.43. The van der Waals surface area contributed by atoms with E-state index in [1.165, 1.54) is 17.7 Å². The highest BCUT2D eigenvalue weighted by Gasteiger charge is 2.38. The Morgan fingerprint density at radius 1 is 0.778 bits per heavy atom. The molecule has 2 saturated heterocycles. The van der Waals surface area contributed by atoms with Gasteiger partial charge in [0.05, 0.1) is 17.5 Å². The topological polar surface area (TPSA) is 43.9 Å². The van der Waals surface area contributed by atoms with Crippen molar-refractivity contribution in [3.05, 3.63) is 107 Å². The summed E-state index contributed by atoms with van der Waals surface area (Å²) in [7, 11) is 0. The number of piperazine rings is 1. The third-order valence-electron chi connectivity index (χ3n) is 7.41. The average Bonchev–Trinajstić information content (AvgIpc) is 2.94. The smallest absolute Gasteiger partial charge is 0.257 e. The molecule has 0 N–H and O–H groups in total.